The molecule has 1 aromatic carbocycles. The highest BCUT2D eigenvalue weighted by Crippen LogP contribution is 2.40. The number of ether oxygens (including phenoxy) is 3. The van der Waals surface area contributed by atoms with Gasteiger partial charge in [0.2, 0.25) is 0 Å². The molecular formula is C23H36N2O5. The zero-order chi connectivity index (χ0) is 21.9. The van der Waals surface area contributed by atoms with Gasteiger partial charge in [0.25, 0.3) is 0 Å². The Hall–Kier alpha value is -1.99. The maximum atomic E-state index is 12.6. The molecule has 0 saturated heterocycles. The largest absolute Gasteiger partial charge is 0.490 e. The van der Waals surface area contributed by atoms with E-state index in [2.05, 4.69) is 17.9 Å². The topological polar surface area (TPSA) is 71.5 Å². The predicted molar refractivity (Wildman–Crippen MR) is 117 cm³/mol. The standard InChI is InChI=1S/C23H36N2O5/c1-6-28-18(15-26)14-25-11-12-29-20-13-17-7-9-24(22(27)30-23(3,4)5)10-8-19(17)16(2)21(20)25/h13,18,26H,6-12,14-15H2,1-5H3/t18-/m0/s1. The van der Waals surface area contributed by atoms with E-state index in [0.29, 0.717) is 32.8 Å². The highest BCUT2D eigenvalue weighted by Gasteiger charge is 2.29. The molecule has 7 nitrogen and oxygen atoms in total. The molecule has 3 rings (SSSR count). The lowest BCUT2D eigenvalue weighted by molar-refractivity contribution is 0.0241. The number of hydrogen-bond acceptors (Lipinski definition) is 6. The average molecular weight is 421 g/mol. The van der Waals surface area contributed by atoms with Gasteiger partial charge in [0.05, 0.1) is 24.9 Å². The molecule has 30 heavy (non-hydrogen) atoms. The van der Waals surface area contributed by atoms with Crippen LogP contribution >= 0.6 is 0 Å². The molecule has 1 N–H and O–H groups in total. The van der Waals surface area contributed by atoms with Crippen LogP contribution in [-0.2, 0) is 22.3 Å². The molecule has 0 bridgehead atoms. The van der Waals surface area contributed by atoms with Gasteiger partial charge in [-0.3, -0.25) is 0 Å². The number of aliphatic hydroxyl groups excluding tert-OH is 1. The smallest absolute Gasteiger partial charge is 0.410 e. The van der Waals surface area contributed by atoms with Crippen molar-refractivity contribution >= 4 is 11.8 Å². The van der Waals surface area contributed by atoms with Gasteiger partial charge < -0.3 is 29.1 Å². The van der Waals surface area contributed by atoms with Crippen molar-refractivity contribution in [1.29, 1.82) is 0 Å². The Morgan fingerprint density at radius 1 is 1.27 bits per heavy atom. The van der Waals surface area contributed by atoms with Crippen LogP contribution < -0.4 is 9.64 Å². The van der Waals surface area contributed by atoms with E-state index in [4.69, 9.17) is 14.2 Å². The number of aliphatic hydroxyl groups is 1. The molecule has 7 heteroatoms. The van der Waals surface area contributed by atoms with Gasteiger partial charge in [0.15, 0.2) is 0 Å². The van der Waals surface area contributed by atoms with Gasteiger partial charge in [0, 0.05) is 26.2 Å². The minimum Gasteiger partial charge on any atom is -0.490 e. The number of rotatable bonds is 5. The second kappa shape index (κ2) is 9.43. The van der Waals surface area contributed by atoms with E-state index in [1.54, 1.807) is 4.90 Å². The van der Waals surface area contributed by atoms with Crippen molar-refractivity contribution in [1.82, 2.24) is 4.90 Å². The molecule has 0 fully saturated rings. The Kier molecular flexibility index (Phi) is 7.14. The summed E-state index contributed by atoms with van der Waals surface area (Å²) in [5.74, 6) is 0.886. The molecule has 0 spiro atoms. The summed E-state index contributed by atoms with van der Waals surface area (Å²) in [5.41, 5.74) is 4.31. The van der Waals surface area contributed by atoms with Crippen molar-refractivity contribution in [3.8, 4) is 5.75 Å². The third kappa shape index (κ3) is 5.19. The summed E-state index contributed by atoms with van der Waals surface area (Å²) in [7, 11) is 0. The van der Waals surface area contributed by atoms with Gasteiger partial charge in [-0.25, -0.2) is 4.79 Å². The quantitative estimate of drug-likeness (QED) is 0.790. The highest BCUT2D eigenvalue weighted by molar-refractivity contribution is 5.71. The molecule has 1 amide bonds. The third-order valence-electron chi connectivity index (χ3n) is 5.63. The molecule has 1 atom stereocenters. The lowest BCUT2D eigenvalue weighted by atomic mass is 9.94. The van der Waals surface area contributed by atoms with Crippen molar-refractivity contribution in [2.24, 2.45) is 0 Å². The molecule has 2 heterocycles. The van der Waals surface area contributed by atoms with E-state index in [1.165, 1.54) is 16.7 Å². The summed E-state index contributed by atoms with van der Waals surface area (Å²) in [6.45, 7) is 13.6. The van der Waals surface area contributed by atoms with Crippen LogP contribution in [0.15, 0.2) is 6.07 Å². The van der Waals surface area contributed by atoms with E-state index < -0.39 is 5.60 Å². The van der Waals surface area contributed by atoms with Gasteiger partial charge in [0.1, 0.15) is 18.0 Å². The summed E-state index contributed by atoms with van der Waals surface area (Å²) in [4.78, 5) is 16.6. The minimum absolute atomic E-state index is 0.00460. The third-order valence-corrected chi connectivity index (χ3v) is 5.63. The first-order chi connectivity index (χ1) is 14.2. The fraction of sp³-hybridized carbons (Fsp3) is 0.696. The van der Waals surface area contributed by atoms with Crippen LogP contribution in [0.1, 0.15) is 44.4 Å². The van der Waals surface area contributed by atoms with Crippen molar-refractivity contribution < 1.29 is 24.1 Å². The van der Waals surface area contributed by atoms with E-state index in [9.17, 15) is 9.90 Å². The predicted octanol–water partition coefficient (Wildman–Crippen LogP) is 2.93. The molecule has 0 unspecified atom stereocenters. The van der Waals surface area contributed by atoms with E-state index in [1.807, 2.05) is 27.7 Å². The number of anilines is 1. The Morgan fingerprint density at radius 3 is 2.67 bits per heavy atom. The molecular weight excluding hydrogens is 384 g/mol. The fourth-order valence-electron chi connectivity index (χ4n) is 4.28. The Balaban J connectivity index is 1.82. The van der Waals surface area contributed by atoms with Crippen molar-refractivity contribution in [2.75, 3.05) is 50.9 Å². The molecule has 168 valence electrons. The lowest BCUT2D eigenvalue weighted by Gasteiger charge is -2.36. The molecule has 0 aromatic heterocycles. The maximum Gasteiger partial charge on any atom is 0.410 e. The lowest BCUT2D eigenvalue weighted by Crippen LogP contribution is -2.41. The summed E-state index contributed by atoms with van der Waals surface area (Å²) in [5, 5.41) is 9.66. The van der Waals surface area contributed by atoms with Crippen LogP contribution in [0.25, 0.3) is 0 Å². The first kappa shape index (κ1) is 22.7. The summed E-state index contributed by atoms with van der Waals surface area (Å²) in [6, 6.07) is 2.14. The van der Waals surface area contributed by atoms with Crippen molar-refractivity contribution in [3.63, 3.8) is 0 Å². The fourth-order valence-corrected chi connectivity index (χ4v) is 4.28. The number of carbonyl (C=O) groups is 1. The van der Waals surface area contributed by atoms with Gasteiger partial charge in [-0.2, -0.15) is 0 Å². The molecule has 0 radical (unpaired) electrons. The second-order valence-electron chi connectivity index (χ2n) is 9.01. The Morgan fingerprint density at radius 2 is 2.00 bits per heavy atom. The van der Waals surface area contributed by atoms with Crippen LogP contribution in [0.2, 0.25) is 0 Å². The number of amides is 1. The van der Waals surface area contributed by atoms with E-state index in [-0.39, 0.29) is 18.8 Å². The second-order valence-corrected chi connectivity index (χ2v) is 9.01. The zero-order valence-corrected chi connectivity index (χ0v) is 19.0. The molecule has 2 aliphatic rings. The first-order valence-corrected chi connectivity index (χ1v) is 11.0. The van der Waals surface area contributed by atoms with E-state index >= 15 is 0 Å². The molecule has 0 saturated carbocycles. The first-order valence-electron chi connectivity index (χ1n) is 11.0. The van der Waals surface area contributed by atoms with Gasteiger partial charge in [-0.05, 0) is 70.2 Å². The van der Waals surface area contributed by atoms with Crippen LogP contribution in [0.5, 0.6) is 5.75 Å². The number of nitrogens with zero attached hydrogens (tertiary/aromatic N) is 2. The summed E-state index contributed by atoms with van der Waals surface area (Å²) in [6.07, 6.45) is 1.10. The maximum absolute atomic E-state index is 12.6. The number of hydrogen-bond donors (Lipinski definition) is 1. The van der Waals surface area contributed by atoms with E-state index in [0.717, 1.165) is 30.8 Å². The van der Waals surface area contributed by atoms with Crippen LogP contribution in [0, 0.1) is 6.92 Å². The monoisotopic (exact) mass is 420 g/mol. The number of carbonyl (C=O) groups excluding carboxylic acids is 1. The van der Waals surface area contributed by atoms with Crippen LogP contribution in [0.3, 0.4) is 0 Å². The summed E-state index contributed by atoms with van der Waals surface area (Å²) < 4.78 is 17.3. The molecule has 1 aromatic rings. The van der Waals surface area contributed by atoms with Gasteiger partial charge in [-0.15, -0.1) is 0 Å². The van der Waals surface area contributed by atoms with Gasteiger partial charge in [-0.1, -0.05) is 0 Å². The van der Waals surface area contributed by atoms with Crippen LogP contribution in [-0.4, -0.2) is 73.8 Å². The minimum atomic E-state index is -0.497. The number of fused-ring (bicyclic) bond motifs is 2. The normalized spacial score (nSPS) is 17.5. The number of benzene rings is 1. The molecule has 2 aliphatic heterocycles. The summed E-state index contributed by atoms with van der Waals surface area (Å²) >= 11 is 0. The molecule has 0 aliphatic carbocycles. The Labute approximate surface area is 179 Å². The average Bonchev–Trinajstić information content (AvgIpc) is 2.89. The van der Waals surface area contributed by atoms with Crippen LogP contribution in [0.4, 0.5) is 10.5 Å². The van der Waals surface area contributed by atoms with Crippen molar-refractivity contribution in [3.05, 3.63) is 22.8 Å². The Bertz CT molecular complexity index is 759. The zero-order valence-electron chi connectivity index (χ0n) is 19.0. The SMILES string of the molecule is CCO[C@H](CO)CN1CCOc2cc3c(c(C)c21)CCN(C(=O)OC(C)(C)C)CC3. The highest BCUT2D eigenvalue weighted by atomic mass is 16.6. The van der Waals surface area contributed by atoms with Crippen molar-refractivity contribution in [2.45, 2.75) is 59.2 Å². The van der Waals surface area contributed by atoms with Gasteiger partial charge >= 0.3 is 6.09 Å².